The molecule has 0 saturated heterocycles. The highest BCUT2D eigenvalue weighted by Crippen LogP contribution is 2.37. The molecule has 0 bridgehead atoms. The Balaban J connectivity index is 1.83. The molecule has 3 aromatic carbocycles. The number of nitriles is 1. The van der Waals surface area contributed by atoms with Crippen LogP contribution in [0.2, 0.25) is 10.0 Å². The van der Waals surface area contributed by atoms with Crippen molar-refractivity contribution in [2.24, 2.45) is 11.6 Å². The van der Waals surface area contributed by atoms with Crippen LogP contribution >= 0.6 is 23.2 Å². The Morgan fingerprint density at radius 1 is 1.11 bits per heavy atom. The molecule has 0 spiro atoms. The van der Waals surface area contributed by atoms with E-state index in [1.807, 2.05) is 36.4 Å². The van der Waals surface area contributed by atoms with Crippen LogP contribution in [0.4, 0.5) is 21.5 Å². The van der Waals surface area contributed by atoms with Gasteiger partial charge in [-0.1, -0.05) is 53.5 Å². The maximum atomic E-state index is 13.7. The van der Waals surface area contributed by atoms with Gasteiger partial charge in [0.25, 0.3) is 0 Å². The van der Waals surface area contributed by atoms with Gasteiger partial charge in [0, 0.05) is 36.2 Å². The number of hydrogen-bond donors (Lipinski definition) is 4. The lowest BCUT2D eigenvalue weighted by Crippen LogP contribution is -2.25. The first-order chi connectivity index (χ1) is 17.3. The van der Waals surface area contributed by atoms with Gasteiger partial charge in [0.15, 0.2) is 0 Å². The van der Waals surface area contributed by atoms with Gasteiger partial charge in [0.05, 0.1) is 38.6 Å². The second kappa shape index (κ2) is 10.7. The largest absolute Gasteiger partial charge is 0.399 e. The molecule has 7 nitrogen and oxygen atoms in total. The molecule has 6 N–H and O–H groups in total. The number of anilines is 3. The van der Waals surface area contributed by atoms with Crippen molar-refractivity contribution >= 4 is 51.2 Å². The van der Waals surface area contributed by atoms with Crippen LogP contribution in [0.1, 0.15) is 17.2 Å². The minimum atomic E-state index is -0.544. The molecule has 182 valence electrons. The zero-order valence-corrected chi connectivity index (χ0v) is 20.6. The molecule has 4 aromatic rings. The van der Waals surface area contributed by atoms with Gasteiger partial charge >= 0.3 is 0 Å². The molecule has 0 radical (unpaired) electrons. The lowest BCUT2D eigenvalue weighted by atomic mass is 10.0. The molecule has 0 aliphatic heterocycles. The number of aromatic nitrogens is 1. The van der Waals surface area contributed by atoms with Crippen LogP contribution in [-0.4, -0.2) is 17.0 Å². The number of hydrogen-bond acceptors (Lipinski definition) is 7. The van der Waals surface area contributed by atoms with Crippen molar-refractivity contribution in [2.75, 3.05) is 17.7 Å². The van der Waals surface area contributed by atoms with E-state index in [-0.39, 0.29) is 10.6 Å². The maximum Gasteiger partial charge on any atom is 0.141 e. The second-order valence-electron chi connectivity index (χ2n) is 8.05. The highest BCUT2D eigenvalue weighted by atomic mass is 35.5. The number of benzene rings is 3. The standard InChI is InChI=1S/C26H22Cl2FN7/c1-36(32)14-23(31)25(15-5-3-2-4-6-15)35-18-9-19-24(34-17-7-8-22(29)20(27)10-17)16(12-30)13-33-26(19)21(28)11-18/h2-11,13-14,25,35H,31-32H2,1H3,(H,33,34)/b23-14-. The Kier molecular flexibility index (Phi) is 7.46. The van der Waals surface area contributed by atoms with Gasteiger partial charge in [-0.05, 0) is 35.9 Å². The highest BCUT2D eigenvalue weighted by Gasteiger charge is 2.18. The summed E-state index contributed by atoms with van der Waals surface area (Å²) in [5, 5.41) is 18.6. The van der Waals surface area contributed by atoms with Gasteiger partial charge in [0.1, 0.15) is 11.9 Å². The van der Waals surface area contributed by atoms with E-state index in [1.165, 1.54) is 29.4 Å². The number of rotatable bonds is 7. The van der Waals surface area contributed by atoms with Crippen molar-refractivity contribution in [3.8, 4) is 6.07 Å². The molecule has 1 heterocycles. The lowest BCUT2D eigenvalue weighted by molar-refractivity contribution is 0.476. The Morgan fingerprint density at radius 2 is 1.83 bits per heavy atom. The molecule has 1 atom stereocenters. The van der Waals surface area contributed by atoms with Crippen molar-refractivity contribution < 1.29 is 4.39 Å². The molecule has 4 rings (SSSR count). The van der Waals surface area contributed by atoms with Crippen molar-refractivity contribution in [1.82, 2.24) is 9.99 Å². The van der Waals surface area contributed by atoms with E-state index >= 15 is 0 Å². The van der Waals surface area contributed by atoms with Crippen LogP contribution in [0.25, 0.3) is 10.9 Å². The van der Waals surface area contributed by atoms with E-state index in [1.54, 1.807) is 19.3 Å². The van der Waals surface area contributed by atoms with E-state index in [4.69, 9.17) is 34.8 Å². The molecule has 1 aromatic heterocycles. The molecule has 0 fully saturated rings. The predicted molar refractivity (Wildman–Crippen MR) is 143 cm³/mol. The average molecular weight is 522 g/mol. The lowest BCUT2D eigenvalue weighted by Gasteiger charge is -2.23. The summed E-state index contributed by atoms with van der Waals surface area (Å²) in [6.07, 6.45) is 3.05. The summed E-state index contributed by atoms with van der Waals surface area (Å²) in [5.41, 5.74) is 10.1. The minimum Gasteiger partial charge on any atom is -0.399 e. The van der Waals surface area contributed by atoms with Crippen molar-refractivity contribution in [2.45, 2.75) is 6.04 Å². The summed E-state index contributed by atoms with van der Waals surface area (Å²) in [7, 11) is 1.68. The minimum absolute atomic E-state index is 0.0462. The quantitative estimate of drug-likeness (QED) is 0.172. The third-order valence-corrected chi connectivity index (χ3v) is 5.94. The van der Waals surface area contributed by atoms with Gasteiger partial charge in [-0.2, -0.15) is 5.26 Å². The summed E-state index contributed by atoms with van der Waals surface area (Å²) in [6.45, 7) is 0. The molecule has 0 aliphatic rings. The van der Waals surface area contributed by atoms with Crippen LogP contribution in [0.3, 0.4) is 0 Å². The first-order valence-corrected chi connectivity index (χ1v) is 11.5. The van der Waals surface area contributed by atoms with Gasteiger partial charge in [-0.15, -0.1) is 0 Å². The maximum absolute atomic E-state index is 13.7. The Morgan fingerprint density at radius 3 is 2.50 bits per heavy atom. The number of hydrazine groups is 1. The normalized spacial score (nSPS) is 12.2. The van der Waals surface area contributed by atoms with Crippen molar-refractivity contribution in [3.05, 3.63) is 106 Å². The molecule has 36 heavy (non-hydrogen) atoms. The number of nitrogens with two attached hydrogens (primary N) is 2. The molecule has 0 saturated carbocycles. The molecule has 1 unspecified atom stereocenters. The van der Waals surface area contributed by atoms with E-state index in [0.717, 1.165) is 5.56 Å². The van der Waals surface area contributed by atoms with Crippen LogP contribution in [0, 0.1) is 17.1 Å². The number of nitrogens with zero attached hydrogens (tertiary/aromatic N) is 3. The van der Waals surface area contributed by atoms with Crippen LogP contribution < -0.4 is 22.2 Å². The van der Waals surface area contributed by atoms with Gasteiger partial charge in [-0.25, -0.2) is 10.2 Å². The fraction of sp³-hybridized carbons (Fsp3) is 0.0769. The Hall–Kier alpha value is -4.03. The summed E-state index contributed by atoms with van der Waals surface area (Å²) >= 11 is 12.6. The van der Waals surface area contributed by atoms with Crippen LogP contribution in [0.5, 0.6) is 0 Å². The first kappa shape index (κ1) is 25.1. The SMILES string of the molecule is CN(N)/C=C(\N)C(Nc1cc(Cl)c2ncc(C#N)c(Nc3ccc(F)c(Cl)c3)c2c1)c1ccccc1. The van der Waals surface area contributed by atoms with Crippen molar-refractivity contribution in [1.29, 1.82) is 5.26 Å². The van der Waals surface area contributed by atoms with Gasteiger partial charge in [-0.3, -0.25) is 4.98 Å². The summed E-state index contributed by atoms with van der Waals surface area (Å²) < 4.78 is 13.7. The van der Waals surface area contributed by atoms with Crippen molar-refractivity contribution in [3.63, 3.8) is 0 Å². The summed E-state index contributed by atoms with van der Waals surface area (Å²) in [6, 6.07) is 19.1. The summed E-state index contributed by atoms with van der Waals surface area (Å²) in [4.78, 5) is 4.37. The second-order valence-corrected chi connectivity index (χ2v) is 8.86. The Bertz CT molecular complexity index is 1480. The molecule has 10 heteroatoms. The molecule has 0 aliphatic carbocycles. The van der Waals surface area contributed by atoms with E-state index in [9.17, 15) is 9.65 Å². The fourth-order valence-electron chi connectivity index (χ4n) is 3.76. The first-order valence-electron chi connectivity index (χ1n) is 10.8. The molecular formula is C26H22Cl2FN7. The Labute approximate surface area is 217 Å². The topological polar surface area (TPSA) is 116 Å². The van der Waals surface area contributed by atoms with Gasteiger partial charge < -0.3 is 21.4 Å². The fourth-order valence-corrected chi connectivity index (χ4v) is 4.21. The number of halogens is 3. The molecule has 0 amide bonds. The van der Waals surface area contributed by atoms with Crippen LogP contribution in [0.15, 0.2) is 78.8 Å². The van der Waals surface area contributed by atoms with E-state index in [2.05, 4.69) is 21.7 Å². The monoisotopic (exact) mass is 521 g/mol. The summed E-state index contributed by atoms with van der Waals surface area (Å²) in [5.74, 6) is 5.25. The number of pyridine rings is 1. The predicted octanol–water partition coefficient (Wildman–Crippen LogP) is 6.05. The third kappa shape index (κ3) is 5.44. The average Bonchev–Trinajstić information content (AvgIpc) is 2.85. The smallest absolute Gasteiger partial charge is 0.141 e. The highest BCUT2D eigenvalue weighted by molar-refractivity contribution is 6.36. The van der Waals surface area contributed by atoms with Gasteiger partial charge in [0.2, 0.25) is 0 Å². The third-order valence-electron chi connectivity index (χ3n) is 5.36. The zero-order chi connectivity index (χ0) is 25.8. The zero-order valence-electron chi connectivity index (χ0n) is 19.1. The van der Waals surface area contributed by atoms with Crippen LogP contribution in [-0.2, 0) is 0 Å². The number of nitrogens with one attached hydrogen (secondary N) is 2. The molecular weight excluding hydrogens is 500 g/mol. The van der Waals surface area contributed by atoms with E-state index < -0.39 is 11.9 Å². The van der Waals surface area contributed by atoms with E-state index in [0.29, 0.717) is 38.7 Å². The number of fused-ring (bicyclic) bond motifs is 1.